The first-order chi connectivity index (χ1) is 7.20. The number of rotatable bonds is 10. The van der Waals surface area contributed by atoms with E-state index < -0.39 is 0 Å². The third kappa shape index (κ3) is 9.99. The van der Waals surface area contributed by atoms with Gasteiger partial charge in [-0.2, -0.15) is 0 Å². The Balaban J connectivity index is 3.23. The Kier molecular flexibility index (Phi) is 10.0. The maximum absolute atomic E-state index is 6.03. The Morgan fingerprint density at radius 3 is 2.27 bits per heavy atom. The summed E-state index contributed by atoms with van der Waals surface area (Å²) in [6.07, 6.45) is 11.4. The summed E-state index contributed by atoms with van der Waals surface area (Å²) in [6, 6.07) is 0.351. The number of hydrogen-bond donors (Lipinski definition) is 1. The van der Waals surface area contributed by atoms with Crippen LogP contribution >= 0.6 is 0 Å². The molecule has 2 N–H and O–H groups in total. The molecule has 15 heavy (non-hydrogen) atoms. The van der Waals surface area contributed by atoms with E-state index in [1.54, 1.807) is 0 Å². The molecule has 0 amide bonds. The Hall–Kier alpha value is -0.300. The molecular formula is C14H29N. The van der Waals surface area contributed by atoms with Gasteiger partial charge in [0.05, 0.1) is 0 Å². The average Bonchev–Trinajstić information content (AvgIpc) is 2.23. The van der Waals surface area contributed by atoms with Crippen molar-refractivity contribution in [3.63, 3.8) is 0 Å². The quantitative estimate of drug-likeness (QED) is 0.420. The van der Waals surface area contributed by atoms with E-state index in [0.29, 0.717) is 6.04 Å². The monoisotopic (exact) mass is 211 g/mol. The third-order valence-corrected chi connectivity index (χ3v) is 2.98. The predicted molar refractivity (Wildman–Crippen MR) is 70.0 cm³/mol. The number of nitrogens with two attached hydrogens (primary N) is 1. The largest absolute Gasteiger partial charge is 0.327 e. The summed E-state index contributed by atoms with van der Waals surface area (Å²) >= 11 is 0. The highest BCUT2D eigenvalue weighted by Gasteiger charge is 2.03. The smallest absolute Gasteiger partial charge is 0.00759 e. The highest BCUT2D eigenvalue weighted by Crippen LogP contribution is 2.12. The molecule has 90 valence electrons. The number of hydrogen-bond acceptors (Lipinski definition) is 1. The van der Waals surface area contributed by atoms with Crippen LogP contribution in [0.1, 0.15) is 71.6 Å². The molecule has 0 aliphatic rings. The fourth-order valence-corrected chi connectivity index (χ4v) is 1.80. The van der Waals surface area contributed by atoms with E-state index >= 15 is 0 Å². The molecule has 0 aromatic carbocycles. The van der Waals surface area contributed by atoms with Crippen LogP contribution in [-0.4, -0.2) is 6.04 Å². The molecule has 0 spiro atoms. The first kappa shape index (κ1) is 14.7. The summed E-state index contributed by atoms with van der Waals surface area (Å²) in [5.41, 5.74) is 7.33. The van der Waals surface area contributed by atoms with Gasteiger partial charge in [0.25, 0.3) is 0 Å². The van der Waals surface area contributed by atoms with Crippen LogP contribution in [0, 0.1) is 0 Å². The molecule has 0 aromatic rings. The molecule has 1 atom stereocenters. The second-order valence-corrected chi connectivity index (χ2v) is 4.62. The van der Waals surface area contributed by atoms with Gasteiger partial charge in [0.2, 0.25) is 0 Å². The lowest BCUT2D eigenvalue weighted by atomic mass is 10.00. The van der Waals surface area contributed by atoms with Crippen LogP contribution in [0.15, 0.2) is 12.2 Å². The van der Waals surface area contributed by atoms with Gasteiger partial charge < -0.3 is 5.73 Å². The molecule has 0 radical (unpaired) electrons. The molecular weight excluding hydrogens is 182 g/mol. The van der Waals surface area contributed by atoms with E-state index in [1.165, 1.54) is 50.5 Å². The lowest BCUT2D eigenvalue weighted by Crippen LogP contribution is -2.20. The Morgan fingerprint density at radius 1 is 1.07 bits per heavy atom. The van der Waals surface area contributed by atoms with Crippen LogP contribution < -0.4 is 5.73 Å². The standard InChI is InChI=1S/C14H29N/c1-4-6-7-8-9-10-11-14(15)12-13(3)5-2/h14H,3-12,15H2,1-2H3. The lowest BCUT2D eigenvalue weighted by Gasteiger charge is -2.12. The second-order valence-electron chi connectivity index (χ2n) is 4.62. The molecule has 0 aliphatic carbocycles. The van der Waals surface area contributed by atoms with Crippen molar-refractivity contribution in [2.75, 3.05) is 0 Å². The molecule has 0 bridgehead atoms. The van der Waals surface area contributed by atoms with Gasteiger partial charge in [-0.1, -0.05) is 64.5 Å². The average molecular weight is 211 g/mol. The summed E-state index contributed by atoms with van der Waals surface area (Å²) in [5, 5.41) is 0. The minimum atomic E-state index is 0.351. The van der Waals surface area contributed by atoms with Crippen LogP contribution in [0.25, 0.3) is 0 Å². The van der Waals surface area contributed by atoms with Crippen LogP contribution in [0.2, 0.25) is 0 Å². The van der Waals surface area contributed by atoms with E-state index in [4.69, 9.17) is 5.73 Å². The van der Waals surface area contributed by atoms with Gasteiger partial charge in [0, 0.05) is 6.04 Å². The molecule has 0 aromatic heterocycles. The summed E-state index contributed by atoms with van der Waals surface area (Å²) in [5.74, 6) is 0. The van der Waals surface area contributed by atoms with Crippen molar-refractivity contribution in [1.29, 1.82) is 0 Å². The van der Waals surface area contributed by atoms with Crippen molar-refractivity contribution in [3.8, 4) is 0 Å². The van der Waals surface area contributed by atoms with Gasteiger partial charge in [-0.25, -0.2) is 0 Å². The topological polar surface area (TPSA) is 26.0 Å². The molecule has 0 fully saturated rings. The first-order valence-electron chi connectivity index (χ1n) is 6.62. The summed E-state index contributed by atoms with van der Waals surface area (Å²) < 4.78 is 0. The van der Waals surface area contributed by atoms with Gasteiger partial charge >= 0.3 is 0 Å². The summed E-state index contributed by atoms with van der Waals surface area (Å²) in [7, 11) is 0. The minimum absolute atomic E-state index is 0.351. The lowest BCUT2D eigenvalue weighted by molar-refractivity contribution is 0.529. The fraction of sp³-hybridized carbons (Fsp3) is 0.857. The molecule has 0 heterocycles. The van der Waals surface area contributed by atoms with Crippen molar-refractivity contribution < 1.29 is 0 Å². The van der Waals surface area contributed by atoms with E-state index in [0.717, 1.165) is 12.8 Å². The van der Waals surface area contributed by atoms with Gasteiger partial charge in [0.1, 0.15) is 0 Å². The van der Waals surface area contributed by atoms with Gasteiger partial charge in [0.15, 0.2) is 0 Å². The van der Waals surface area contributed by atoms with Crippen LogP contribution in [0.4, 0.5) is 0 Å². The molecule has 0 saturated heterocycles. The Bertz CT molecular complexity index is 151. The van der Waals surface area contributed by atoms with Gasteiger partial charge in [-0.15, -0.1) is 0 Å². The molecule has 1 unspecified atom stereocenters. The van der Waals surface area contributed by atoms with Gasteiger partial charge in [-0.3, -0.25) is 0 Å². The maximum Gasteiger partial charge on any atom is 0.00759 e. The first-order valence-corrected chi connectivity index (χ1v) is 6.62. The summed E-state index contributed by atoms with van der Waals surface area (Å²) in [6.45, 7) is 8.41. The Labute approximate surface area is 96.1 Å². The van der Waals surface area contributed by atoms with Crippen LogP contribution in [-0.2, 0) is 0 Å². The number of unbranched alkanes of at least 4 members (excludes halogenated alkanes) is 5. The van der Waals surface area contributed by atoms with Crippen LogP contribution in [0.5, 0.6) is 0 Å². The van der Waals surface area contributed by atoms with Crippen molar-refractivity contribution in [1.82, 2.24) is 0 Å². The van der Waals surface area contributed by atoms with Crippen molar-refractivity contribution in [2.24, 2.45) is 5.73 Å². The molecule has 0 saturated carbocycles. The molecule has 0 aliphatic heterocycles. The van der Waals surface area contributed by atoms with E-state index in [9.17, 15) is 0 Å². The third-order valence-electron chi connectivity index (χ3n) is 2.98. The molecule has 1 heteroatoms. The molecule has 0 rings (SSSR count). The fourth-order valence-electron chi connectivity index (χ4n) is 1.80. The molecule has 1 nitrogen and oxygen atoms in total. The van der Waals surface area contributed by atoms with Crippen molar-refractivity contribution >= 4 is 0 Å². The minimum Gasteiger partial charge on any atom is -0.327 e. The Morgan fingerprint density at radius 2 is 1.67 bits per heavy atom. The zero-order chi connectivity index (χ0) is 11.5. The predicted octanol–water partition coefficient (Wildman–Crippen LogP) is 4.42. The van der Waals surface area contributed by atoms with Gasteiger partial charge in [-0.05, 0) is 19.3 Å². The SMILES string of the molecule is C=C(CC)CC(N)CCCCCCCC. The second kappa shape index (κ2) is 10.2. The van der Waals surface area contributed by atoms with Crippen LogP contribution in [0.3, 0.4) is 0 Å². The van der Waals surface area contributed by atoms with E-state index in [1.807, 2.05) is 0 Å². The highest BCUT2D eigenvalue weighted by molar-refractivity contribution is 4.95. The van der Waals surface area contributed by atoms with E-state index in [-0.39, 0.29) is 0 Å². The summed E-state index contributed by atoms with van der Waals surface area (Å²) in [4.78, 5) is 0. The van der Waals surface area contributed by atoms with E-state index in [2.05, 4.69) is 20.4 Å². The van der Waals surface area contributed by atoms with Crippen molar-refractivity contribution in [2.45, 2.75) is 77.7 Å². The maximum atomic E-state index is 6.03. The van der Waals surface area contributed by atoms with Crippen molar-refractivity contribution in [3.05, 3.63) is 12.2 Å². The zero-order valence-corrected chi connectivity index (χ0v) is 10.7. The normalized spacial score (nSPS) is 12.7. The highest BCUT2D eigenvalue weighted by atomic mass is 14.6. The zero-order valence-electron chi connectivity index (χ0n) is 10.7.